The first kappa shape index (κ1) is 19.6. The predicted molar refractivity (Wildman–Crippen MR) is 105 cm³/mol. The summed E-state index contributed by atoms with van der Waals surface area (Å²) in [6.07, 6.45) is 0. The highest BCUT2D eigenvalue weighted by Gasteiger charge is 2.28. The van der Waals surface area contributed by atoms with E-state index < -0.39 is 0 Å². The third-order valence-corrected chi connectivity index (χ3v) is 5.00. The number of fused-ring (bicyclic) bond motifs is 1. The molecule has 1 saturated heterocycles. The second kappa shape index (κ2) is 8.69. The number of para-hydroxylation sites is 1. The van der Waals surface area contributed by atoms with Gasteiger partial charge in [-0.15, -0.1) is 12.4 Å². The van der Waals surface area contributed by atoms with E-state index in [1.54, 1.807) is 14.2 Å². The van der Waals surface area contributed by atoms with Gasteiger partial charge in [-0.25, -0.2) is 0 Å². The first-order chi connectivity index (χ1) is 12.8. The van der Waals surface area contributed by atoms with E-state index in [1.807, 2.05) is 24.3 Å². The molecule has 0 aliphatic carbocycles. The molecule has 0 amide bonds. The minimum absolute atomic E-state index is 0. The van der Waals surface area contributed by atoms with Crippen molar-refractivity contribution in [1.29, 1.82) is 0 Å². The fourth-order valence-corrected chi connectivity index (χ4v) is 3.68. The molecule has 1 fully saturated rings. The molecule has 2 aliphatic rings. The largest absolute Gasteiger partial charge is 0.496 e. The Balaban J connectivity index is 0.00000210. The van der Waals surface area contributed by atoms with Gasteiger partial charge >= 0.3 is 0 Å². The molecule has 2 aliphatic heterocycles. The van der Waals surface area contributed by atoms with E-state index in [9.17, 15) is 0 Å². The second-order valence-electron chi connectivity index (χ2n) is 6.45. The smallest absolute Gasteiger partial charge is 0.231 e. The second-order valence-corrected chi connectivity index (χ2v) is 6.45. The first-order valence-corrected chi connectivity index (χ1v) is 8.84. The molecule has 2 aromatic rings. The molecular weight excluding hydrogens is 368 g/mol. The van der Waals surface area contributed by atoms with E-state index in [1.165, 1.54) is 5.56 Å². The summed E-state index contributed by atoms with van der Waals surface area (Å²) < 4.78 is 22.2. The zero-order valence-electron chi connectivity index (χ0n) is 15.6. The van der Waals surface area contributed by atoms with Crippen molar-refractivity contribution in [2.45, 2.75) is 12.6 Å². The van der Waals surface area contributed by atoms with Crippen molar-refractivity contribution in [3.63, 3.8) is 0 Å². The van der Waals surface area contributed by atoms with Crippen LogP contribution >= 0.6 is 12.4 Å². The normalized spacial score (nSPS) is 18.7. The summed E-state index contributed by atoms with van der Waals surface area (Å²) in [4.78, 5) is 2.45. The van der Waals surface area contributed by atoms with E-state index in [-0.39, 0.29) is 25.2 Å². The number of halogens is 1. The minimum atomic E-state index is 0. The number of hydrogen-bond donors (Lipinski definition) is 1. The molecule has 1 N–H and O–H groups in total. The molecule has 2 aromatic carbocycles. The van der Waals surface area contributed by atoms with E-state index in [0.29, 0.717) is 0 Å². The third kappa shape index (κ3) is 3.93. The van der Waals surface area contributed by atoms with Crippen LogP contribution in [-0.4, -0.2) is 45.5 Å². The summed E-state index contributed by atoms with van der Waals surface area (Å²) in [6, 6.07) is 12.4. The average molecular weight is 393 g/mol. The first-order valence-electron chi connectivity index (χ1n) is 8.84. The number of rotatable bonds is 5. The number of hydrogen-bond acceptors (Lipinski definition) is 6. The van der Waals surface area contributed by atoms with Gasteiger partial charge in [-0.05, 0) is 12.1 Å². The number of methoxy groups -OCH3 is 2. The van der Waals surface area contributed by atoms with Crippen LogP contribution in [0, 0.1) is 0 Å². The van der Waals surface area contributed by atoms with Crippen molar-refractivity contribution >= 4 is 12.4 Å². The van der Waals surface area contributed by atoms with Gasteiger partial charge in [0, 0.05) is 43.4 Å². The van der Waals surface area contributed by atoms with Gasteiger partial charge in [0.1, 0.15) is 11.5 Å². The molecule has 1 atom stereocenters. The number of nitrogens with zero attached hydrogens (tertiary/aromatic N) is 1. The van der Waals surface area contributed by atoms with Crippen LogP contribution in [0.25, 0.3) is 0 Å². The van der Waals surface area contributed by atoms with Gasteiger partial charge < -0.3 is 24.3 Å². The Hall–Kier alpha value is -2.15. The van der Waals surface area contributed by atoms with Gasteiger partial charge in [-0.2, -0.15) is 0 Å². The van der Waals surface area contributed by atoms with Crippen LogP contribution in [0.15, 0.2) is 36.4 Å². The lowest BCUT2D eigenvalue weighted by Crippen LogP contribution is -2.45. The van der Waals surface area contributed by atoms with Gasteiger partial charge in [0.2, 0.25) is 6.79 Å². The summed E-state index contributed by atoms with van der Waals surface area (Å²) in [6.45, 7) is 3.82. The summed E-state index contributed by atoms with van der Waals surface area (Å²) in [5.41, 5.74) is 2.29. The highest BCUT2D eigenvalue weighted by molar-refractivity contribution is 5.85. The van der Waals surface area contributed by atoms with Crippen LogP contribution in [0.4, 0.5) is 0 Å². The monoisotopic (exact) mass is 392 g/mol. The molecule has 0 aromatic heterocycles. The standard InChI is InChI=1S/C20H24N2O4.ClH/c1-23-17-6-4-3-5-15(17)16-11-21-7-8-22(16)12-14-9-19-20(26-13-25-19)10-18(14)24-2;/h3-6,9-10,16,21H,7-8,11-13H2,1-2H3;1H. The van der Waals surface area contributed by atoms with Crippen LogP contribution in [-0.2, 0) is 6.54 Å². The maximum Gasteiger partial charge on any atom is 0.231 e. The SMILES string of the molecule is COc1cc2c(cc1CN1CCNCC1c1ccccc1OC)OCO2.Cl. The van der Waals surface area contributed by atoms with Crippen LogP contribution in [0.3, 0.4) is 0 Å². The summed E-state index contributed by atoms with van der Waals surface area (Å²) >= 11 is 0. The molecule has 2 heterocycles. The highest BCUT2D eigenvalue weighted by atomic mass is 35.5. The van der Waals surface area contributed by atoms with Gasteiger partial charge in [0.05, 0.1) is 20.3 Å². The Labute approximate surface area is 165 Å². The Bertz CT molecular complexity index is 787. The third-order valence-electron chi connectivity index (χ3n) is 5.00. The van der Waals surface area contributed by atoms with Crippen LogP contribution < -0.4 is 24.3 Å². The topological polar surface area (TPSA) is 52.2 Å². The van der Waals surface area contributed by atoms with E-state index in [4.69, 9.17) is 18.9 Å². The molecule has 146 valence electrons. The molecule has 27 heavy (non-hydrogen) atoms. The molecular formula is C20H25ClN2O4. The quantitative estimate of drug-likeness (QED) is 0.844. The maximum atomic E-state index is 5.60. The van der Waals surface area contributed by atoms with E-state index in [2.05, 4.69) is 22.3 Å². The van der Waals surface area contributed by atoms with Crippen LogP contribution in [0.2, 0.25) is 0 Å². The Morgan fingerprint density at radius 2 is 1.81 bits per heavy atom. The number of nitrogens with one attached hydrogen (secondary N) is 1. The van der Waals surface area contributed by atoms with Crippen LogP contribution in [0.5, 0.6) is 23.0 Å². The Morgan fingerprint density at radius 1 is 1.07 bits per heavy atom. The van der Waals surface area contributed by atoms with Crippen molar-refractivity contribution in [2.24, 2.45) is 0 Å². The van der Waals surface area contributed by atoms with Crippen molar-refractivity contribution in [2.75, 3.05) is 40.6 Å². The minimum Gasteiger partial charge on any atom is -0.496 e. The average Bonchev–Trinajstić information content (AvgIpc) is 3.15. The molecule has 0 bridgehead atoms. The Kier molecular flexibility index (Phi) is 6.31. The molecule has 0 radical (unpaired) electrons. The molecule has 4 rings (SSSR count). The highest BCUT2D eigenvalue weighted by Crippen LogP contribution is 2.40. The maximum absolute atomic E-state index is 5.60. The summed E-state index contributed by atoms with van der Waals surface area (Å²) in [7, 11) is 3.41. The lowest BCUT2D eigenvalue weighted by molar-refractivity contribution is 0.149. The molecule has 6 nitrogen and oxygen atoms in total. The number of ether oxygens (including phenoxy) is 4. The lowest BCUT2D eigenvalue weighted by atomic mass is 10.0. The predicted octanol–water partition coefficient (Wildman–Crippen LogP) is 3.00. The van der Waals surface area contributed by atoms with Crippen molar-refractivity contribution in [1.82, 2.24) is 10.2 Å². The van der Waals surface area contributed by atoms with Gasteiger partial charge in [-0.1, -0.05) is 18.2 Å². The fourth-order valence-electron chi connectivity index (χ4n) is 3.68. The van der Waals surface area contributed by atoms with E-state index >= 15 is 0 Å². The number of benzene rings is 2. The van der Waals surface area contributed by atoms with Crippen molar-refractivity contribution in [3.05, 3.63) is 47.5 Å². The molecule has 0 saturated carbocycles. The summed E-state index contributed by atoms with van der Waals surface area (Å²) in [5.74, 6) is 3.27. The van der Waals surface area contributed by atoms with Gasteiger partial charge in [0.15, 0.2) is 11.5 Å². The Morgan fingerprint density at radius 3 is 2.59 bits per heavy atom. The molecule has 0 spiro atoms. The molecule has 7 heteroatoms. The zero-order valence-corrected chi connectivity index (χ0v) is 16.4. The fraction of sp³-hybridized carbons (Fsp3) is 0.400. The van der Waals surface area contributed by atoms with Gasteiger partial charge in [-0.3, -0.25) is 4.90 Å². The van der Waals surface area contributed by atoms with Crippen molar-refractivity contribution < 1.29 is 18.9 Å². The lowest BCUT2D eigenvalue weighted by Gasteiger charge is -2.37. The zero-order chi connectivity index (χ0) is 17.9. The summed E-state index contributed by atoms with van der Waals surface area (Å²) in [5, 5.41) is 3.50. The number of piperazine rings is 1. The van der Waals surface area contributed by atoms with Gasteiger partial charge in [0.25, 0.3) is 0 Å². The molecule has 1 unspecified atom stereocenters. The van der Waals surface area contributed by atoms with Crippen molar-refractivity contribution in [3.8, 4) is 23.0 Å². The van der Waals surface area contributed by atoms with Crippen LogP contribution in [0.1, 0.15) is 17.2 Å². The van der Waals surface area contributed by atoms with E-state index in [0.717, 1.165) is 54.7 Å².